The zero-order valence-electron chi connectivity index (χ0n) is 8.55. The monoisotopic (exact) mass is 254 g/mol. The Morgan fingerprint density at radius 1 is 1.50 bits per heavy atom. The van der Waals surface area contributed by atoms with Crippen LogP contribution in [0, 0.1) is 0 Å². The van der Waals surface area contributed by atoms with Crippen LogP contribution >= 0.6 is 15.9 Å². The van der Waals surface area contributed by atoms with Crippen LogP contribution in [0.4, 0.5) is 0 Å². The maximum Gasteiger partial charge on any atom is 0.0851 e. The van der Waals surface area contributed by atoms with Crippen LogP contribution in [0.2, 0.25) is 0 Å². The Labute approximate surface area is 93.6 Å². The summed E-state index contributed by atoms with van der Waals surface area (Å²) in [7, 11) is 0. The number of hydrogen-bond donors (Lipinski definition) is 1. The minimum atomic E-state index is -0.800. The van der Waals surface area contributed by atoms with E-state index in [0.717, 1.165) is 16.5 Å². The molecule has 1 N–H and O–H groups in total. The summed E-state index contributed by atoms with van der Waals surface area (Å²) < 4.78 is 0.948. The predicted octanol–water partition coefficient (Wildman–Crippen LogP) is 3.41. The van der Waals surface area contributed by atoms with Crippen molar-refractivity contribution in [3.8, 4) is 0 Å². The van der Waals surface area contributed by atoms with Crippen LogP contribution in [-0.4, -0.2) is 5.11 Å². The molecule has 0 heterocycles. The van der Waals surface area contributed by atoms with Crippen molar-refractivity contribution in [3.05, 3.63) is 46.5 Å². The van der Waals surface area contributed by atoms with E-state index in [1.807, 2.05) is 24.3 Å². The van der Waals surface area contributed by atoms with Gasteiger partial charge in [0.25, 0.3) is 0 Å². The molecule has 0 aromatic heterocycles. The van der Waals surface area contributed by atoms with Gasteiger partial charge in [0.1, 0.15) is 0 Å². The van der Waals surface area contributed by atoms with Gasteiger partial charge in [0, 0.05) is 4.47 Å². The lowest BCUT2D eigenvalue weighted by atomic mass is 9.97. The van der Waals surface area contributed by atoms with Gasteiger partial charge in [-0.15, -0.1) is 6.58 Å². The molecule has 2 heteroatoms. The number of rotatable bonds is 3. The minimum Gasteiger partial charge on any atom is -0.386 e. The molecule has 1 rings (SSSR count). The van der Waals surface area contributed by atoms with Gasteiger partial charge in [-0.05, 0) is 37.5 Å². The highest BCUT2D eigenvalue weighted by atomic mass is 79.9. The predicted molar refractivity (Wildman–Crippen MR) is 63.3 cm³/mol. The SMILES string of the molecule is C=CCc1ccc(C(C)(C)O)c(Br)c1. The summed E-state index contributed by atoms with van der Waals surface area (Å²) in [4.78, 5) is 0. The Kier molecular flexibility index (Phi) is 3.51. The summed E-state index contributed by atoms with van der Waals surface area (Å²) in [6, 6.07) is 5.98. The van der Waals surface area contributed by atoms with Crippen molar-refractivity contribution in [2.24, 2.45) is 0 Å². The van der Waals surface area contributed by atoms with Crippen molar-refractivity contribution in [1.82, 2.24) is 0 Å². The van der Waals surface area contributed by atoms with Crippen molar-refractivity contribution in [1.29, 1.82) is 0 Å². The lowest BCUT2D eigenvalue weighted by Crippen LogP contribution is -2.16. The Morgan fingerprint density at radius 2 is 2.14 bits per heavy atom. The van der Waals surface area contributed by atoms with E-state index in [2.05, 4.69) is 22.5 Å². The van der Waals surface area contributed by atoms with E-state index in [-0.39, 0.29) is 0 Å². The minimum absolute atomic E-state index is 0.800. The summed E-state index contributed by atoms with van der Waals surface area (Å²) in [5.74, 6) is 0. The Morgan fingerprint density at radius 3 is 2.57 bits per heavy atom. The van der Waals surface area contributed by atoms with Gasteiger partial charge < -0.3 is 5.11 Å². The van der Waals surface area contributed by atoms with E-state index in [1.54, 1.807) is 13.8 Å². The fourth-order valence-corrected chi connectivity index (χ4v) is 2.26. The highest BCUT2D eigenvalue weighted by Gasteiger charge is 2.18. The zero-order chi connectivity index (χ0) is 10.8. The number of aliphatic hydroxyl groups is 1. The first-order valence-electron chi connectivity index (χ1n) is 4.57. The third-order valence-electron chi connectivity index (χ3n) is 2.07. The molecule has 0 aliphatic heterocycles. The molecule has 1 aromatic rings. The van der Waals surface area contributed by atoms with Crippen LogP contribution in [-0.2, 0) is 12.0 Å². The van der Waals surface area contributed by atoms with Crippen LogP contribution in [0.1, 0.15) is 25.0 Å². The van der Waals surface area contributed by atoms with Gasteiger partial charge in [0.05, 0.1) is 5.60 Å². The summed E-state index contributed by atoms with van der Waals surface area (Å²) in [5, 5.41) is 9.84. The van der Waals surface area contributed by atoms with Crippen molar-refractivity contribution >= 4 is 15.9 Å². The van der Waals surface area contributed by atoms with Crippen LogP contribution in [0.15, 0.2) is 35.3 Å². The topological polar surface area (TPSA) is 20.2 Å². The number of benzene rings is 1. The number of hydrogen-bond acceptors (Lipinski definition) is 1. The van der Waals surface area contributed by atoms with Crippen LogP contribution in [0.3, 0.4) is 0 Å². The van der Waals surface area contributed by atoms with E-state index in [1.165, 1.54) is 5.56 Å². The summed E-state index contributed by atoms with van der Waals surface area (Å²) in [5.41, 5.74) is 1.30. The number of allylic oxidation sites excluding steroid dienone is 1. The molecule has 0 atom stereocenters. The van der Waals surface area contributed by atoms with Gasteiger partial charge >= 0.3 is 0 Å². The molecular formula is C12H15BrO. The number of halogens is 1. The average Bonchev–Trinajstić information content (AvgIpc) is 2.02. The lowest BCUT2D eigenvalue weighted by molar-refractivity contribution is 0.0778. The van der Waals surface area contributed by atoms with Gasteiger partial charge in [0.15, 0.2) is 0 Å². The average molecular weight is 255 g/mol. The summed E-state index contributed by atoms with van der Waals surface area (Å²) in [6.45, 7) is 7.25. The Hall–Kier alpha value is -0.600. The molecule has 0 aliphatic rings. The summed E-state index contributed by atoms with van der Waals surface area (Å²) in [6.07, 6.45) is 2.72. The van der Waals surface area contributed by atoms with E-state index in [4.69, 9.17) is 0 Å². The molecule has 0 amide bonds. The fraction of sp³-hybridized carbons (Fsp3) is 0.333. The quantitative estimate of drug-likeness (QED) is 0.820. The molecular weight excluding hydrogens is 240 g/mol. The van der Waals surface area contributed by atoms with Crippen molar-refractivity contribution in [2.75, 3.05) is 0 Å². The summed E-state index contributed by atoms with van der Waals surface area (Å²) >= 11 is 3.46. The van der Waals surface area contributed by atoms with Crippen molar-refractivity contribution < 1.29 is 5.11 Å². The Bertz CT molecular complexity index is 337. The van der Waals surface area contributed by atoms with Gasteiger partial charge in [0.2, 0.25) is 0 Å². The van der Waals surface area contributed by atoms with Crippen molar-refractivity contribution in [3.63, 3.8) is 0 Å². The van der Waals surface area contributed by atoms with Gasteiger partial charge in [-0.2, -0.15) is 0 Å². The molecule has 0 fully saturated rings. The second kappa shape index (κ2) is 4.28. The van der Waals surface area contributed by atoms with E-state index in [9.17, 15) is 5.11 Å². The first kappa shape index (κ1) is 11.5. The van der Waals surface area contributed by atoms with Crippen molar-refractivity contribution in [2.45, 2.75) is 25.9 Å². The largest absolute Gasteiger partial charge is 0.386 e. The van der Waals surface area contributed by atoms with E-state index >= 15 is 0 Å². The maximum atomic E-state index is 9.84. The van der Waals surface area contributed by atoms with E-state index < -0.39 is 5.60 Å². The first-order chi connectivity index (χ1) is 6.45. The molecule has 0 spiro atoms. The molecule has 0 unspecified atom stereocenters. The second-order valence-electron chi connectivity index (χ2n) is 3.87. The molecule has 76 valence electrons. The highest BCUT2D eigenvalue weighted by molar-refractivity contribution is 9.10. The van der Waals surface area contributed by atoms with Crippen LogP contribution in [0.5, 0.6) is 0 Å². The molecule has 0 bridgehead atoms. The molecule has 0 saturated carbocycles. The Balaban J connectivity index is 3.07. The molecule has 14 heavy (non-hydrogen) atoms. The molecule has 1 nitrogen and oxygen atoms in total. The molecule has 0 aliphatic carbocycles. The third-order valence-corrected chi connectivity index (χ3v) is 2.73. The molecule has 0 radical (unpaired) electrons. The van der Waals surface area contributed by atoms with Crippen LogP contribution in [0.25, 0.3) is 0 Å². The third kappa shape index (κ3) is 2.69. The van der Waals surface area contributed by atoms with Gasteiger partial charge in [-0.1, -0.05) is 34.1 Å². The fourth-order valence-electron chi connectivity index (χ4n) is 1.35. The van der Waals surface area contributed by atoms with Gasteiger partial charge in [-0.25, -0.2) is 0 Å². The van der Waals surface area contributed by atoms with Gasteiger partial charge in [-0.3, -0.25) is 0 Å². The highest BCUT2D eigenvalue weighted by Crippen LogP contribution is 2.28. The lowest BCUT2D eigenvalue weighted by Gasteiger charge is -2.19. The standard InChI is InChI=1S/C12H15BrO/c1-4-5-9-6-7-10(11(13)8-9)12(2,3)14/h4,6-8,14H,1,5H2,2-3H3. The van der Waals surface area contributed by atoms with E-state index in [0.29, 0.717) is 0 Å². The van der Waals surface area contributed by atoms with Crippen LogP contribution < -0.4 is 0 Å². The smallest absolute Gasteiger partial charge is 0.0851 e. The molecule has 1 aromatic carbocycles. The first-order valence-corrected chi connectivity index (χ1v) is 5.36. The normalized spacial score (nSPS) is 11.4. The second-order valence-corrected chi connectivity index (χ2v) is 4.72. The molecule has 0 saturated heterocycles. The maximum absolute atomic E-state index is 9.84. The zero-order valence-corrected chi connectivity index (χ0v) is 10.1.